The number of hydrogen-bond acceptors (Lipinski definition) is 6. The van der Waals surface area contributed by atoms with Crippen molar-refractivity contribution in [1.82, 2.24) is 10.2 Å². The molecule has 0 saturated carbocycles. The fourth-order valence-corrected chi connectivity index (χ4v) is 5.19. The molecule has 1 unspecified atom stereocenters. The molecular weight excluding hydrogens is 506 g/mol. The molecule has 9 nitrogen and oxygen atoms in total. The molecule has 1 atom stereocenters. The second kappa shape index (κ2) is 13.0. The fraction of sp³-hybridized carbons (Fsp3) is 0.500. The van der Waals surface area contributed by atoms with Gasteiger partial charge in [0.15, 0.2) is 11.5 Å². The molecular formula is C28H39N3O6S. The summed E-state index contributed by atoms with van der Waals surface area (Å²) in [5.41, 5.74) is 2.44. The standard InChI is InChI=1S/C28H39N3O6S/c1-20(2)18-29-28(33)22(4)30(19-23-9-6-8-21(3)16-23)27(32)10-7-13-31(38(5,34)35)24-11-12-25-26(17-24)37-15-14-36-25/h6,8-9,11-12,16-17,20,22H,7,10,13-15,18-19H2,1-5H3,(H,29,33). The molecule has 0 aliphatic carbocycles. The molecule has 0 bridgehead atoms. The first kappa shape index (κ1) is 29.3. The summed E-state index contributed by atoms with van der Waals surface area (Å²) >= 11 is 0. The Balaban J connectivity index is 1.73. The van der Waals surface area contributed by atoms with Crippen LogP contribution in [0.3, 0.4) is 0 Å². The third-order valence-corrected chi connectivity index (χ3v) is 7.45. The summed E-state index contributed by atoms with van der Waals surface area (Å²) in [6.07, 6.45) is 1.51. The smallest absolute Gasteiger partial charge is 0.242 e. The van der Waals surface area contributed by atoms with Crippen molar-refractivity contribution in [2.24, 2.45) is 5.92 Å². The average Bonchev–Trinajstić information content (AvgIpc) is 2.86. The van der Waals surface area contributed by atoms with E-state index in [2.05, 4.69) is 5.32 Å². The molecule has 1 N–H and O–H groups in total. The molecule has 1 aliphatic heterocycles. The Hall–Kier alpha value is -3.27. The number of anilines is 1. The average molecular weight is 546 g/mol. The summed E-state index contributed by atoms with van der Waals surface area (Å²) in [6, 6.07) is 12.1. The Kier molecular flexibility index (Phi) is 10.0. The minimum absolute atomic E-state index is 0.0875. The molecule has 1 heterocycles. The lowest BCUT2D eigenvalue weighted by atomic mass is 10.1. The maximum atomic E-state index is 13.4. The van der Waals surface area contributed by atoms with E-state index in [9.17, 15) is 18.0 Å². The summed E-state index contributed by atoms with van der Waals surface area (Å²) in [6.45, 7) is 9.47. The van der Waals surface area contributed by atoms with E-state index in [0.29, 0.717) is 36.9 Å². The van der Waals surface area contributed by atoms with Gasteiger partial charge in [-0.05, 0) is 43.9 Å². The van der Waals surface area contributed by atoms with Gasteiger partial charge in [-0.3, -0.25) is 13.9 Å². The van der Waals surface area contributed by atoms with Crippen molar-refractivity contribution < 1.29 is 27.5 Å². The van der Waals surface area contributed by atoms with Gasteiger partial charge in [-0.1, -0.05) is 43.7 Å². The lowest BCUT2D eigenvalue weighted by molar-refractivity contribution is -0.140. The summed E-state index contributed by atoms with van der Waals surface area (Å²) < 4.78 is 37.6. The van der Waals surface area contributed by atoms with Crippen LogP contribution in [0, 0.1) is 12.8 Å². The van der Waals surface area contributed by atoms with E-state index in [0.717, 1.165) is 17.4 Å². The number of benzene rings is 2. The topological polar surface area (TPSA) is 105 Å². The van der Waals surface area contributed by atoms with Crippen molar-refractivity contribution in [3.8, 4) is 11.5 Å². The van der Waals surface area contributed by atoms with Crippen LogP contribution >= 0.6 is 0 Å². The van der Waals surface area contributed by atoms with Crippen molar-refractivity contribution >= 4 is 27.5 Å². The molecule has 208 valence electrons. The quantitative estimate of drug-likeness (QED) is 0.438. The van der Waals surface area contributed by atoms with Crippen molar-refractivity contribution in [1.29, 1.82) is 0 Å². The summed E-state index contributed by atoms with van der Waals surface area (Å²) in [5, 5.41) is 2.91. The Morgan fingerprint density at radius 1 is 1.03 bits per heavy atom. The molecule has 3 rings (SSSR count). The Morgan fingerprint density at radius 3 is 2.39 bits per heavy atom. The third-order valence-electron chi connectivity index (χ3n) is 6.25. The molecule has 0 saturated heterocycles. The van der Waals surface area contributed by atoms with E-state index in [4.69, 9.17) is 9.47 Å². The normalized spacial score (nSPS) is 13.6. The maximum Gasteiger partial charge on any atom is 0.242 e. The Bertz CT molecular complexity index is 1230. The van der Waals surface area contributed by atoms with Crippen LogP contribution in [-0.4, -0.2) is 63.7 Å². The first-order valence-corrected chi connectivity index (χ1v) is 14.8. The molecule has 1 aliphatic rings. The van der Waals surface area contributed by atoms with Gasteiger partial charge in [-0.15, -0.1) is 0 Å². The zero-order valence-electron chi connectivity index (χ0n) is 22.9. The van der Waals surface area contributed by atoms with Crippen LogP contribution in [0.1, 0.15) is 44.7 Å². The van der Waals surface area contributed by atoms with Gasteiger partial charge in [0.1, 0.15) is 19.3 Å². The minimum Gasteiger partial charge on any atom is -0.486 e. The van der Waals surface area contributed by atoms with E-state index in [1.165, 1.54) is 4.31 Å². The number of amides is 2. The Labute approximate surface area is 226 Å². The molecule has 38 heavy (non-hydrogen) atoms. The van der Waals surface area contributed by atoms with Crippen molar-refractivity contribution in [2.45, 2.75) is 53.1 Å². The van der Waals surface area contributed by atoms with Crippen molar-refractivity contribution in [3.05, 3.63) is 53.6 Å². The van der Waals surface area contributed by atoms with Gasteiger partial charge in [0, 0.05) is 32.1 Å². The number of nitrogens with zero attached hydrogens (tertiary/aromatic N) is 2. The second-order valence-electron chi connectivity index (χ2n) is 10.1. The first-order valence-electron chi connectivity index (χ1n) is 13.0. The number of carbonyl (C=O) groups excluding carboxylic acids is 2. The summed E-state index contributed by atoms with van der Waals surface area (Å²) in [4.78, 5) is 27.8. The lowest BCUT2D eigenvalue weighted by Crippen LogP contribution is -2.48. The van der Waals surface area contributed by atoms with Gasteiger partial charge < -0.3 is 19.7 Å². The van der Waals surface area contributed by atoms with Crippen molar-refractivity contribution in [3.63, 3.8) is 0 Å². The second-order valence-corrected chi connectivity index (χ2v) is 12.0. The molecule has 10 heteroatoms. The number of ether oxygens (including phenoxy) is 2. The number of fused-ring (bicyclic) bond motifs is 1. The van der Waals surface area contributed by atoms with Gasteiger partial charge in [-0.2, -0.15) is 0 Å². The molecule has 2 aromatic rings. The maximum absolute atomic E-state index is 13.4. The predicted molar refractivity (Wildman–Crippen MR) is 148 cm³/mol. The van der Waals surface area contributed by atoms with Crippen LogP contribution in [-0.2, 0) is 26.2 Å². The van der Waals surface area contributed by atoms with Crippen LogP contribution in [0.2, 0.25) is 0 Å². The van der Waals surface area contributed by atoms with Gasteiger partial charge in [0.25, 0.3) is 0 Å². The number of sulfonamides is 1. The highest BCUT2D eigenvalue weighted by molar-refractivity contribution is 7.92. The van der Waals surface area contributed by atoms with E-state index in [-0.39, 0.29) is 43.7 Å². The largest absolute Gasteiger partial charge is 0.486 e. The summed E-state index contributed by atoms with van der Waals surface area (Å²) in [5.74, 6) is 0.918. The van der Waals surface area contributed by atoms with Crippen LogP contribution in [0.4, 0.5) is 5.69 Å². The number of rotatable bonds is 12. The fourth-order valence-electron chi connectivity index (χ4n) is 4.23. The Morgan fingerprint density at radius 2 is 1.74 bits per heavy atom. The zero-order valence-corrected chi connectivity index (χ0v) is 23.7. The monoisotopic (exact) mass is 545 g/mol. The summed E-state index contributed by atoms with van der Waals surface area (Å²) in [7, 11) is -3.61. The number of carbonyl (C=O) groups is 2. The lowest BCUT2D eigenvalue weighted by Gasteiger charge is -2.30. The molecule has 2 amide bonds. The van der Waals surface area contributed by atoms with Crippen LogP contribution in [0.5, 0.6) is 11.5 Å². The van der Waals surface area contributed by atoms with Gasteiger partial charge in [-0.25, -0.2) is 8.42 Å². The number of hydrogen-bond donors (Lipinski definition) is 1. The van der Waals surface area contributed by atoms with Crippen LogP contribution < -0.4 is 19.1 Å². The molecule has 0 spiro atoms. The molecule has 0 aromatic heterocycles. The zero-order chi connectivity index (χ0) is 27.9. The van der Waals surface area contributed by atoms with Crippen LogP contribution in [0.15, 0.2) is 42.5 Å². The van der Waals surface area contributed by atoms with E-state index in [1.807, 2.05) is 45.0 Å². The molecule has 2 aromatic carbocycles. The van der Waals surface area contributed by atoms with E-state index >= 15 is 0 Å². The number of nitrogens with one attached hydrogen (secondary N) is 1. The SMILES string of the molecule is Cc1cccc(CN(C(=O)CCCN(c2ccc3c(c2)OCCO3)S(C)(=O)=O)C(C)C(=O)NCC(C)C)c1. The molecule has 0 fully saturated rings. The van der Waals surface area contributed by atoms with Crippen molar-refractivity contribution in [2.75, 3.05) is 36.9 Å². The highest BCUT2D eigenvalue weighted by Gasteiger charge is 2.27. The number of aryl methyl sites for hydroxylation is 1. The van der Waals surface area contributed by atoms with Gasteiger partial charge in [0.05, 0.1) is 11.9 Å². The van der Waals surface area contributed by atoms with E-state index < -0.39 is 16.1 Å². The van der Waals surface area contributed by atoms with Gasteiger partial charge in [0.2, 0.25) is 21.8 Å². The highest BCUT2D eigenvalue weighted by Crippen LogP contribution is 2.34. The highest BCUT2D eigenvalue weighted by atomic mass is 32.2. The first-order chi connectivity index (χ1) is 18.0. The van der Waals surface area contributed by atoms with Gasteiger partial charge >= 0.3 is 0 Å². The third kappa shape index (κ3) is 8.11. The minimum atomic E-state index is -3.61. The molecule has 0 radical (unpaired) electrons. The predicted octanol–water partition coefficient (Wildman–Crippen LogP) is 3.50. The van der Waals surface area contributed by atoms with E-state index in [1.54, 1.807) is 30.0 Å². The van der Waals surface area contributed by atoms with Crippen LogP contribution in [0.25, 0.3) is 0 Å².